The summed E-state index contributed by atoms with van der Waals surface area (Å²) in [6, 6.07) is 9.87. The summed E-state index contributed by atoms with van der Waals surface area (Å²) >= 11 is 0. The summed E-state index contributed by atoms with van der Waals surface area (Å²) in [5.74, 6) is 2.03. The second-order valence-corrected chi connectivity index (χ2v) is 11.9. The van der Waals surface area contributed by atoms with E-state index in [4.69, 9.17) is 0 Å². The van der Waals surface area contributed by atoms with E-state index in [2.05, 4.69) is 118 Å². The zero-order valence-corrected chi connectivity index (χ0v) is 23.6. The van der Waals surface area contributed by atoms with E-state index >= 15 is 0 Å². The lowest BCUT2D eigenvalue weighted by atomic mass is 9.92. The highest BCUT2D eigenvalue weighted by molar-refractivity contribution is 7.55. The number of hydrogen-bond donors (Lipinski definition) is 0. The van der Waals surface area contributed by atoms with Crippen molar-refractivity contribution in [2.45, 2.75) is 79.1 Å². The molecule has 0 atom stereocenters. The first-order valence-electron chi connectivity index (χ1n) is 11.8. The van der Waals surface area contributed by atoms with E-state index in [0.717, 1.165) is 0 Å². The Bertz CT molecular complexity index is 767. The van der Waals surface area contributed by atoms with Gasteiger partial charge >= 0.3 is 0 Å². The first-order valence-corrected chi connectivity index (χ1v) is 12.8. The molecule has 0 aromatic heterocycles. The first-order chi connectivity index (χ1) is 14.3. The van der Waals surface area contributed by atoms with Gasteiger partial charge in [-0.05, 0) is 80.8 Å². The van der Waals surface area contributed by atoms with E-state index in [1.807, 2.05) is 0 Å². The highest BCUT2D eigenvalue weighted by atomic mass is 31.1. The minimum atomic E-state index is 0. The lowest BCUT2D eigenvalue weighted by molar-refractivity contribution is 0.824. The third kappa shape index (κ3) is 6.31. The fourth-order valence-corrected chi connectivity index (χ4v) is 5.71. The van der Waals surface area contributed by atoms with E-state index in [0.29, 0.717) is 32.3 Å². The summed E-state index contributed by atoms with van der Waals surface area (Å²) in [6.07, 6.45) is 0. The molecule has 0 amide bonds. The Morgan fingerprint density at radius 2 is 0.719 bits per heavy atom. The Balaban J connectivity index is 0.00000512. The molecule has 0 bridgehead atoms. The molecular weight excluding hydrogens is 406 g/mol. The molecule has 3 radical (unpaired) electrons. The van der Waals surface area contributed by atoms with Gasteiger partial charge in [-0.1, -0.05) is 64.0 Å². The highest BCUT2D eigenvalue weighted by Gasteiger charge is 2.20. The Morgan fingerprint density at radius 3 is 0.875 bits per heavy atom. The van der Waals surface area contributed by atoms with Crippen LogP contribution >= 0.6 is 8.58 Å². The van der Waals surface area contributed by atoms with E-state index in [1.165, 1.54) is 44.2 Å². The van der Waals surface area contributed by atoms with Crippen LogP contribution in [-0.4, -0.2) is 36.6 Å². The van der Waals surface area contributed by atoms with Gasteiger partial charge in [0.05, 0.1) is 0 Å². The zero-order valence-electron chi connectivity index (χ0n) is 22.6. The lowest BCUT2D eigenvalue weighted by Gasteiger charge is -2.28. The van der Waals surface area contributed by atoms with Crippen molar-refractivity contribution in [1.82, 2.24) is 0 Å². The van der Waals surface area contributed by atoms with Gasteiger partial charge in [0.15, 0.2) is 0 Å². The molecule has 0 saturated heterocycles. The van der Waals surface area contributed by atoms with Gasteiger partial charge in [0.1, 0.15) is 0 Å². The van der Waals surface area contributed by atoms with E-state index in [1.54, 1.807) is 0 Å². The molecule has 0 heterocycles. The molecule has 32 heavy (non-hydrogen) atoms. The van der Waals surface area contributed by atoms with Gasteiger partial charge in [-0.3, -0.25) is 0 Å². The average molecular weight is 451 g/mol. The van der Waals surface area contributed by atoms with Crippen LogP contribution in [0.1, 0.15) is 101 Å². The molecule has 175 valence electrons. The molecule has 2 aromatic rings. The number of hydrogen-bond acceptors (Lipinski definition) is 2. The van der Waals surface area contributed by atoms with Gasteiger partial charge in [0.25, 0.3) is 0 Å². The van der Waals surface area contributed by atoms with Crippen molar-refractivity contribution in [3.8, 4) is 0 Å². The molecule has 0 aliphatic rings. The smallest absolute Gasteiger partial charge is 0.0431 e. The molecule has 0 aliphatic heterocycles. The highest BCUT2D eigenvalue weighted by Crippen LogP contribution is 2.37. The van der Waals surface area contributed by atoms with Crippen LogP contribution < -0.4 is 20.4 Å². The predicted octanol–water partition coefficient (Wildman–Crippen LogP) is 6.56. The minimum absolute atomic E-state index is 0. The van der Waals surface area contributed by atoms with Crippen LogP contribution in [0.2, 0.25) is 0 Å². The molecule has 2 nitrogen and oxygen atoms in total. The molecule has 0 spiro atoms. The largest absolute Gasteiger partial charge is 0.377 e. The molecule has 2 rings (SSSR count). The maximum atomic E-state index is 2.47. The van der Waals surface area contributed by atoms with Crippen LogP contribution in [0.5, 0.6) is 0 Å². The quantitative estimate of drug-likeness (QED) is 0.331. The Labute approximate surface area is 202 Å². The van der Waals surface area contributed by atoms with Crippen LogP contribution in [0.4, 0.5) is 11.4 Å². The van der Waals surface area contributed by atoms with Gasteiger partial charge in [-0.25, -0.2) is 0 Å². The summed E-state index contributed by atoms with van der Waals surface area (Å²) in [6.45, 7) is 18.5. The normalized spacial score (nSPS) is 11.5. The summed E-state index contributed by atoms with van der Waals surface area (Å²) in [5.41, 5.74) is 8.70. The Kier molecular flexibility index (Phi) is 10.4. The molecule has 4 heteroatoms. The van der Waals surface area contributed by atoms with Gasteiger partial charge in [0.2, 0.25) is 0 Å². The van der Waals surface area contributed by atoms with Gasteiger partial charge in [0, 0.05) is 48.0 Å². The molecule has 0 fully saturated rings. The Hall–Kier alpha value is -1.47. The van der Waals surface area contributed by atoms with Crippen molar-refractivity contribution >= 4 is 39.0 Å². The van der Waals surface area contributed by atoms with Crippen LogP contribution in [0.3, 0.4) is 0 Å². The summed E-state index contributed by atoms with van der Waals surface area (Å²) in [7, 11) is 9.39. The van der Waals surface area contributed by atoms with Crippen molar-refractivity contribution in [2.75, 3.05) is 38.0 Å². The second kappa shape index (κ2) is 11.6. The standard InChI is InChI=1S/C28H45N2P.B/c1-17(2)23-13-21(14-24(18(3)4)27(23)29(9)10)31-22-15-25(19(5)6)28(30(11)12)26(16-22)20(7)8;/h13-20,31H,1-12H3;. The molecule has 0 saturated carbocycles. The third-order valence-electron chi connectivity index (χ3n) is 6.01. The van der Waals surface area contributed by atoms with Crippen molar-refractivity contribution < 1.29 is 0 Å². The van der Waals surface area contributed by atoms with Crippen molar-refractivity contribution in [1.29, 1.82) is 0 Å². The number of benzene rings is 2. The molecule has 0 unspecified atom stereocenters. The van der Waals surface area contributed by atoms with Crippen LogP contribution in [-0.2, 0) is 0 Å². The number of anilines is 2. The summed E-state index contributed by atoms with van der Waals surface area (Å²) < 4.78 is 0. The number of rotatable bonds is 8. The molecule has 2 aromatic carbocycles. The first kappa shape index (κ1) is 28.6. The fraction of sp³-hybridized carbons (Fsp3) is 0.571. The van der Waals surface area contributed by atoms with Gasteiger partial charge < -0.3 is 9.80 Å². The van der Waals surface area contributed by atoms with Crippen LogP contribution in [0, 0.1) is 0 Å². The minimum Gasteiger partial charge on any atom is -0.377 e. The van der Waals surface area contributed by atoms with E-state index < -0.39 is 0 Å². The maximum absolute atomic E-state index is 2.47. The number of nitrogens with zero attached hydrogens (tertiary/aromatic N) is 2. The zero-order chi connectivity index (χ0) is 23.6. The second-order valence-electron chi connectivity index (χ2n) is 10.5. The monoisotopic (exact) mass is 451 g/mol. The van der Waals surface area contributed by atoms with Gasteiger partial charge in [-0.15, -0.1) is 0 Å². The average Bonchev–Trinajstić information content (AvgIpc) is 2.65. The van der Waals surface area contributed by atoms with Crippen molar-refractivity contribution in [2.24, 2.45) is 0 Å². The molecular formula is C28H45BN2P. The molecule has 0 N–H and O–H groups in total. The van der Waals surface area contributed by atoms with E-state index in [-0.39, 0.29) is 8.41 Å². The fourth-order valence-electron chi connectivity index (χ4n) is 4.46. The van der Waals surface area contributed by atoms with Crippen LogP contribution in [0.25, 0.3) is 0 Å². The third-order valence-corrected chi connectivity index (χ3v) is 7.16. The topological polar surface area (TPSA) is 6.48 Å². The maximum Gasteiger partial charge on any atom is 0.0431 e. The summed E-state index contributed by atoms with van der Waals surface area (Å²) in [4.78, 5) is 4.61. The van der Waals surface area contributed by atoms with Crippen molar-refractivity contribution in [3.63, 3.8) is 0 Å². The van der Waals surface area contributed by atoms with Gasteiger partial charge in [-0.2, -0.15) is 0 Å². The van der Waals surface area contributed by atoms with Crippen LogP contribution in [0.15, 0.2) is 24.3 Å². The lowest BCUT2D eigenvalue weighted by Crippen LogP contribution is -2.20. The Morgan fingerprint density at radius 1 is 0.500 bits per heavy atom. The molecule has 0 aliphatic carbocycles. The summed E-state index contributed by atoms with van der Waals surface area (Å²) in [5, 5.41) is 2.92. The van der Waals surface area contributed by atoms with E-state index in [9.17, 15) is 0 Å². The van der Waals surface area contributed by atoms with Crippen molar-refractivity contribution in [3.05, 3.63) is 46.5 Å². The SMILES string of the molecule is CC(C)c1cc(Pc2cc(C(C)C)c(N(C)C)c(C(C)C)c2)cc(C(C)C)c1N(C)C.[B]. The predicted molar refractivity (Wildman–Crippen MR) is 151 cm³/mol.